The number of methoxy groups -OCH3 is 2. The quantitative estimate of drug-likeness (QED) is 0.144. The molecule has 1 N–H and O–H groups in total. The van der Waals surface area contributed by atoms with Crippen LogP contribution in [-0.4, -0.2) is 62.1 Å². The van der Waals surface area contributed by atoms with Gasteiger partial charge in [-0.25, -0.2) is 9.18 Å². The minimum atomic E-state index is -1.37. The fraction of sp³-hybridized carbons (Fsp3) is 0.342. The van der Waals surface area contributed by atoms with E-state index in [0.717, 1.165) is 30.7 Å². The Bertz CT molecular complexity index is 1880. The van der Waals surface area contributed by atoms with E-state index in [0.29, 0.717) is 40.3 Å². The summed E-state index contributed by atoms with van der Waals surface area (Å²) in [5.74, 6) is -2.98. The summed E-state index contributed by atoms with van der Waals surface area (Å²) in [5, 5.41) is 23.4. The molecule has 0 radical (unpaired) electrons. The van der Waals surface area contributed by atoms with Gasteiger partial charge in [-0.05, 0) is 79.2 Å². The largest absolute Gasteiger partial charge is 0.549 e. The Hall–Kier alpha value is -4.58. The van der Waals surface area contributed by atoms with Gasteiger partial charge in [-0.15, -0.1) is 0 Å². The van der Waals surface area contributed by atoms with Crippen LogP contribution < -0.4 is 24.2 Å². The molecule has 0 saturated carbocycles. The molecule has 3 saturated heterocycles. The first-order valence-electron chi connectivity index (χ1n) is 16.6. The van der Waals surface area contributed by atoms with Gasteiger partial charge in [0.1, 0.15) is 22.0 Å². The van der Waals surface area contributed by atoms with Crippen LogP contribution in [0.4, 0.5) is 14.9 Å². The number of hydrogen-bond acceptors (Lipinski definition) is 8. The van der Waals surface area contributed by atoms with Gasteiger partial charge in [-0.1, -0.05) is 65.7 Å². The number of anilines is 1. The van der Waals surface area contributed by atoms with Crippen LogP contribution in [0.15, 0.2) is 79.1 Å². The zero-order valence-corrected chi connectivity index (χ0v) is 29.6. The van der Waals surface area contributed by atoms with Crippen LogP contribution in [0.5, 0.6) is 11.5 Å². The number of carboxylic acids is 1. The molecule has 1 amide bonds. The highest BCUT2D eigenvalue weighted by molar-refractivity contribution is 6.35. The number of para-hydroxylation sites is 1. The molecule has 10 nitrogen and oxygen atoms in total. The summed E-state index contributed by atoms with van der Waals surface area (Å²) in [6.07, 6.45) is 3.44. The molecule has 3 atom stereocenters. The Labute approximate surface area is 305 Å². The topological polar surface area (TPSA) is 115 Å². The lowest BCUT2D eigenvalue weighted by molar-refractivity contribution is -0.904. The van der Waals surface area contributed by atoms with Crippen molar-refractivity contribution < 1.29 is 43.2 Å². The fourth-order valence-electron chi connectivity index (χ4n) is 7.22. The molecule has 2 bridgehead atoms. The number of nitrogens with zero attached hydrogens (tertiary/aromatic N) is 3. The number of benzene rings is 3. The molecule has 3 aliphatic rings. The van der Waals surface area contributed by atoms with Crippen LogP contribution >= 0.6 is 23.2 Å². The van der Waals surface area contributed by atoms with Crippen molar-refractivity contribution in [3.63, 3.8) is 0 Å². The van der Waals surface area contributed by atoms with Crippen molar-refractivity contribution in [2.24, 2.45) is 5.92 Å². The number of carbonyl (C=O) groups excluding carboxylic acids is 2. The number of carbonyl (C=O) groups is 2. The van der Waals surface area contributed by atoms with Crippen molar-refractivity contribution in [3.05, 3.63) is 117 Å². The van der Waals surface area contributed by atoms with Crippen LogP contribution in [-0.2, 0) is 22.5 Å². The van der Waals surface area contributed by atoms with E-state index in [1.807, 2.05) is 0 Å². The number of ether oxygens (including phenoxy) is 3. The molecule has 3 fully saturated rings. The third-order valence-electron chi connectivity index (χ3n) is 9.85. The van der Waals surface area contributed by atoms with Gasteiger partial charge < -0.3 is 24.1 Å². The Morgan fingerprint density at radius 2 is 1.69 bits per heavy atom. The summed E-state index contributed by atoms with van der Waals surface area (Å²) in [4.78, 5) is 30.5. The molecule has 3 aromatic carbocycles. The van der Waals surface area contributed by atoms with E-state index in [1.165, 1.54) is 43.6 Å². The minimum absolute atomic E-state index is 0.0319. The van der Waals surface area contributed by atoms with Crippen molar-refractivity contribution >= 4 is 41.0 Å². The van der Waals surface area contributed by atoms with E-state index in [2.05, 4.69) is 4.90 Å². The summed E-state index contributed by atoms with van der Waals surface area (Å²) in [6.45, 7) is 2.48. The van der Waals surface area contributed by atoms with Gasteiger partial charge in [0.15, 0.2) is 11.5 Å². The number of rotatable bonds is 12. The molecule has 13 heteroatoms. The van der Waals surface area contributed by atoms with E-state index in [4.69, 9.17) is 37.4 Å². The highest BCUT2D eigenvalue weighted by atomic mass is 35.5. The second kappa shape index (κ2) is 15.8. The normalized spacial score (nSPS) is 19.2. The molecule has 1 unspecified atom stereocenters. The summed E-state index contributed by atoms with van der Waals surface area (Å²) < 4.78 is 32.9. The van der Waals surface area contributed by atoms with Crippen molar-refractivity contribution in [2.75, 3.05) is 38.8 Å². The maximum Gasteiger partial charge on any atom is 0.415 e. The van der Waals surface area contributed by atoms with Crippen LogP contribution in [0.25, 0.3) is 0 Å². The van der Waals surface area contributed by atoms with Crippen LogP contribution in [0.2, 0.25) is 10.0 Å². The van der Waals surface area contributed by atoms with Gasteiger partial charge in [0, 0.05) is 34.6 Å². The van der Waals surface area contributed by atoms with Gasteiger partial charge in [0.2, 0.25) is 12.4 Å². The minimum Gasteiger partial charge on any atom is -0.549 e. The van der Waals surface area contributed by atoms with E-state index >= 15 is 4.39 Å². The van der Waals surface area contributed by atoms with E-state index in [9.17, 15) is 19.9 Å². The number of halogens is 3. The lowest BCUT2D eigenvalue weighted by atomic mass is 9.77. The van der Waals surface area contributed by atoms with Gasteiger partial charge in [0.05, 0.1) is 26.5 Å². The van der Waals surface area contributed by atoms with Crippen LogP contribution in [0, 0.1) is 11.7 Å². The van der Waals surface area contributed by atoms with Gasteiger partial charge in [-0.3, -0.25) is 15.0 Å². The monoisotopic (exact) mass is 737 g/mol. The molecule has 4 aromatic rings. The highest BCUT2D eigenvalue weighted by Crippen LogP contribution is 2.42. The van der Waals surface area contributed by atoms with Gasteiger partial charge in [0.25, 0.3) is 0 Å². The average Bonchev–Trinajstić information content (AvgIpc) is 3.12. The maximum absolute atomic E-state index is 15.2. The summed E-state index contributed by atoms with van der Waals surface area (Å²) in [6, 6.07) is 17.8. The number of hydrogen-bond donors (Lipinski definition) is 1. The van der Waals surface area contributed by atoms with Gasteiger partial charge >= 0.3 is 6.09 Å². The fourth-order valence-corrected chi connectivity index (χ4v) is 7.83. The van der Waals surface area contributed by atoms with Crippen molar-refractivity contribution in [2.45, 2.75) is 43.7 Å². The highest BCUT2D eigenvalue weighted by Gasteiger charge is 2.38. The molecule has 7 rings (SSSR count). The molecule has 51 heavy (non-hydrogen) atoms. The molecular formula is C38H38Cl2FN3O7. The zero-order valence-electron chi connectivity index (χ0n) is 28.1. The smallest absolute Gasteiger partial charge is 0.415 e. The standard InChI is InChI=1S/C38H38Cl2FN3O7/c1-49-33-11-10-25(17-34(33)50-2)27(18-28-29(39)20-43(48)21-30(28)40)36(37(45)46)26-7-5-6-23(16-26)19-44(32-9-4-3-8-31(32)41)38(47)51-35-22-42-14-12-24(35)13-15-42/h3-11,16-17,20-21,24,27,35-36H,12-15,18-19,22H2,1-2H3,(H-,45,46,48)/t27-,35+,36?/m1/s1. The first kappa shape index (κ1) is 36.2. The van der Waals surface area contributed by atoms with Crippen molar-refractivity contribution in [1.29, 1.82) is 0 Å². The molecule has 0 aliphatic carbocycles. The number of piperidine rings is 3. The Morgan fingerprint density at radius 1 is 0.980 bits per heavy atom. The predicted octanol–water partition coefficient (Wildman–Crippen LogP) is 5.77. The summed E-state index contributed by atoms with van der Waals surface area (Å²) >= 11 is 13.0. The van der Waals surface area contributed by atoms with Crippen LogP contribution in [0.3, 0.4) is 0 Å². The first-order valence-corrected chi connectivity index (χ1v) is 17.4. The number of aromatic nitrogens is 1. The van der Waals surface area contributed by atoms with Crippen molar-refractivity contribution in [1.82, 2.24) is 4.90 Å². The molecule has 4 heterocycles. The number of aliphatic carboxylic acids is 1. The molecular weight excluding hydrogens is 700 g/mol. The lowest BCUT2D eigenvalue weighted by Crippen LogP contribution is -2.53. The number of pyridine rings is 1. The second-order valence-corrected chi connectivity index (χ2v) is 13.7. The summed E-state index contributed by atoms with van der Waals surface area (Å²) in [7, 11) is 2.97. The Balaban J connectivity index is 1.37. The van der Waals surface area contributed by atoms with Crippen molar-refractivity contribution in [3.8, 4) is 11.5 Å². The number of amides is 1. The molecule has 0 spiro atoms. The Kier molecular flexibility index (Phi) is 11.2. The van der Waals surface area contributed by atoms with E-state index in [1.54, 1.807) is 54.6 Å². The summed E-state index contributed by atoms with van der Waals surface area (Å²) in [5.41, 5.74) is 1.92. The SMILES string of the molecule is COc1ccc([C@@H](Cc2c(Cl)c[n+](O)cc2Cl)C(C(=O)[O-])c2cccc(CN(C(=O)O[C@H]3CN4CCC3CC4)c3ccccc3F)c2)cc1OC. The third kappa shape index (κ3) is 8.01. The second-order valence-electron chi connectivity index (χ2n) is 12.9. The zero-order chi connectivity index (χ0) is 36.2. The van der Waals surface area contributed by atoms with E-state index in [-0.39, 0.29) is 40.7 Å². The number of fused-ring (bicyclic) bond motifs is 3. The first-order chi connectivity index (χ1) is 24.6. The number of carboxylic acid groups (broad SMARTS) is 1. The van der Waals surface area contributed by atoms with E-state index < -0.39 is 29.7 Å². The third-order valence-corrected chi connectivity index (χ3v) is 10.5. The predicted molar refractivity (Wildman–Crippen MR) is 186 cm³/mol. The average molecular weight is 739 g/mol. The molecule has 1 aromatic heterocycles. The lowest BCUT2D eigenvalue weighted by Gasteiger charge is -2.44. The molecule has 3 aliphatic heterocycles. The maximum atomic E-state index is 15.2. The molecule has 268 valence electrons. The Morgan fingerprint density at radius 3 is 2.31 bits per heavy atom. The van der Waals surface area contributed by atoms with Crippen LogP contribution in [0.1, 0.15) is 46.9 Å². The van der Waals surface area contributed by atoms with Gasteiger partial charge in [-0.2, -0.15) is 0 Å².